The Morgan fingerprint density at radius 1 is 1.29 bits per heavy atom. The summed E-state index contributed by atoms with van der Waals surface area (Å²) < 4.78 is 13.3. The first kappa shape index (κ1) is 17.2. The highest BCUT2D eigenvalue weighted by Gasteiger charge is 2.36. The molecule has 0 radical (unpaired) electrons. The van der Waals surface area contributed by atoms with Crippen molar-refractivity contribution in [2.45, 2.75) is 45.1 Å². The molecule has 1 heterocycles. The summed E-state index contributed by atoms with van der Waals surface area (Å²) in [6.45, 7) is 2.55. The van der Waals surface area contributed by atoms with Crippen LogP contribution in [0.5, 0.6) is 0 Å². The highest BCUT2D eigenvalue weighted by atomic mass is 35.5. The van der Waals surface area contributed by atoms with E-state index in [-0.39, 0.29) is 35.2 Å². The molecular weight excluding hydrogens is 331 g/mol. The lowest BCUT2D eigenvalue weighted by Gasteiger charge is -2.27. The number of hydrogen-bond acceptors (Lipinski definition) is 2. The van der Waals surface area contributed by atoms with Crippen LogP contribution >= 0.6 is 11.6 Å². The summed E-state index contributed by atoms with van der Waals surface area (Å²) >= 11 is 5.79. The molecule has 0 unspecified atom stereocenters. The minimum absolute atomic E-state index is 0.0236. The third kappa shape index (κ3) is 3.72. The van der Waals surface area contributed by atoms with Crippen LogP contribution in [-0.4, -0.2) is 24.4 Å². The Bertz CT molecular complexity index is 644. The van der Waals surface area contributed by atoms with Crippen molar-refractivity contribution in [3.05, 3.63) is 29.0 Å². The average Bonchev–Trinajstić information content (AvgIpc) is 2.94. The molecule has 1 N–H and O–H groups in total. The van der Waals surface area contributed by atoms with Crippen molar-refractivity contribution in [2.24, 2.45) is 11.8 Å². The van der Waals surface area contributed by atoms with Crippen molar-refractivity contribution in [1.82, 2.24) is 5.32 Å². The van der Waals surface area contributed by atoms with Gasteiger partial charge >= 0.3 is 0 Å². The minimum atomic E-state index is -0.520. The minimum Gasteiger partial charge on any atom is -0.353 e. The van der Waals surface area contributed by atoms with Gasteiger partial charge in [-0.3, -0.25) is 9.59 Å². The molecule has 1 aromatic carbocycles. The summed E-state index contributed by atoms with van der Waals surface area (Å²) in [6, 6.07) is 4.40. The molecule has 1 aliphatic carbocycles. The molecule has 1 saturated carbocycles. The molecule has 2 amide bonds. The van der Waals surface area contributed by atoms with Crippen LogP contribution < -0.4 is 10.2 Å². The molecule has 1 aliphatic heterocycles. The number of benzene rings is 1. The summed E-state index contributed by atoms with van der Waals surface area (Å²) in [5.74, 6) is -0.341. The maximum absolute atomic E-state index is 13.3. The fourth-order valence-corrected chi connectivity index (χ4v) is 3.68. The van der Waals surface area contributed by atoms with Crippen molar-refractivity contribution >= 4 is 29.1 Å². The maximum atomic E-state index is 13.3. The molecule has 3 rings (SSSR count). The van der Waals surface area contributed by atoms with Gasteiger partial charge in [0.1, 0.15) is 5.82 Å². The van der Waals surface area contributed by atoms with Gasteiger partial charge in [-0.2, -0.15) is 0 Å². The van der Waals surface area contributed by atoms with Gasteiger partial charge in [-0.15, -0.1) is 0 Å². The molecule has 1 saturated heterocycles. The SMILES string of the molecule is CC1CCC(NC(=O)[C@H]2CC(=O)N(c3ccc(F)c(Cl)c3)C2)CC1. The van der Waals surface area contributed by atoms with Crippen LogP contribution in [-0.2, 0) is 9.59 Å². The summed E-state index contributed by atoms with van der Waals surface area (Å²) in [5.41, 5.74) is 0.535. The number of nitrogens with one attached hydrogen (secondary N) is 1. The molecule has 0 bridgehead atoms. The van der Waals surface area contributed by atoms with E-state index in [1.54, 1.807) is 0 Å². The summed E-state index contributed by atoms with van der Waals surface area (Å²) in [6.07, 6.45) is 4.46. The lowest BCUT2D eigenvalue weighted by molar-refractivity contribution is -0.127. The summed E-state index contributed by atoms with van der Waals surface area (Å²) in [5, 5.41) is 3.07. The van der Waals surface area contributed by atoms with Gasteiger partial charge in [0.2, 0.25) is 11.8 Å². The van der Waals surface area contributed by atoms with E-state index in [4.69, 9.17) is 11.6 Å². The van der Waals surface area contributed by atoms with Crippen molar-refractivity contribution in [2.75, 3.05) is 11.4 Å². The van der Waals surface area contributed by atoms with Crippen LogP contribution in [0, 0.1) is 17.7 Å². The van der Waals surface area contributed by atoms with Crippen LogP contribution in [0.4, 0.5) is 10.1 Å². The Labute approximate surface area is 146 Å². The zero-order valence-corrected chi connectivity index (χ0v) is 14.5. The molecule has 1 atom stereocenters. The Kier molecular flexibility index (Phi) is 5.09. The van der Waals surface area contributed by atoms with Gasteiger partial charge in [-0.05, 0) is 49.8 Å². The van der Waals surface area contributed by atoms with E-state index >= 15 is 0 Å². The van der Waals surface area contributed by atoms with Crippen LogP contribution in [0.2, 0.25) is 5.02 Å². The number of amides is 2. The van der Waals surface area contributed by atoms with Crippen LogP contribution in [0.15, 0.2) is 18.2 Å². The molecular formula is C18H22ClFN2O2. The monoisotopic (exact) mass is 352 g/mol. The molecule has 4 nitrogen and oxygen atoms in total. The highest BCUT2D eigenvalue weighted by Crippen LogP contribution is 2.29. The number of nitrogens with zero attached hydrogens (tertiary/aromatic N) is 1. The van der Waals surface area contributed by atoms with Gasteiger partial charge in [-0.25, -0.2) is 4.39 Å². The van der Waals surface area contributed by atoms with Crippen molar-refractivity contribution < 1.29 is 14.0 Å². The number of carbonyl (C=O) groups excluding carboxylic acids is 2. The topological polar surface area (TPSA) is 49.4 Å². The molecule has 1 aromatic rings. The summed E-state index contributed by atoms with van der Waals surface area (Å²) in [4.78, 5) is 26.2. The first-order valence-corrected chi connectivity index (χ1v) is 8.87. The fourth-order valence-electron chi connectivity index (χ4n) is 3.51. The van der Waals surface area contributed by atoms with Gasteiger partial charge in [0.05, 0.1) is 10.9 Å². The van der Waals surface area contributed by atoms with E-state index in [0.717, 1.165) is 31.6 Å². The largest absolute Gasteiger partial charge is 0.353 e. The van der Waals surface area contributed by atoms with Crippen molar-refractivity contribution in [1.29, 1.82) is 0 Å². The summed E-state index contributed by atoms with van der Waals surface area (Å²) in [7, 11) is 0. The Hall–Kier alpha value is -1.62. The second-order valence-electron chi connectivity index (χ2n) is 6.97. The number of rotatable bonds is 3. The van der Waals surface area contributed by atoms with E-state index in [0.29, 0.717) is 12.2 Å². The van der Waals surface area contributed by atoms with Crippen LogP contribution in [0.1, 0.15) is 39.0 Å². The lowest BCUT2D eigenvalue weighted by Crippen LogP contribution is -2.41. The van der Waals surface area contributed by atoms with Gasteiger partial charge in [0.15, 0.2) is 0 Å². The standard InChI is InChI=1S/C18H22ClFN2O2/c1-11-2-4-13(5-3-11)21-18(24)12-8-17(23)22(10-12)14-6-7-16(20)15(19)9-14/h6-7,9,11-13H,2-5,8,10H2,1H3,(H,21,24)/t11?,12-,13?/m0/s1. The maximum Gasteiger partial charge on any atom is 0.227 e. The predicted molar refractivity (Wildman–Crippen MR) is 91.4 cm³/mol. The first-order chi connectivity index (χ1) is 11.4. The highest BCUT2D eigenvalue weighted by molar-refractivity contribution is 6.31. The molecule has 24 heavy (non-hydrogen) atoms. The van der Waals surface area contributed by atoms with E-state index in [1.807, 2.05) is 0 Å². The predicted octanol–water partition coefficient (Wildman–Crippen LogP) is 3.53. The third-order valence-electron chi connectivity index (χ3n) is 5.07. The van der Waals surface area contributed by atoms with E-state index < -0.39 is 5.82 Å². The normalized spacial score (nSPS) is 27.4. The lowest BCUT2D eigenvalue weighted by atomic mass is 9.87. The van der Waals surface area contributed by atoms with Gasteiger partial charge in [-0.1, -0.05) is 18.5 Å². The van der Waals surface area contributed by atoms with E-state index in [2.05, 4.69) is 12.2 Å². The van der Waals surface area contributed by atoms with Gasteiger partial charge in [0.25, 0.3) is 0 Å². The Morgan fingerprint density at radius 2 is 2.00 bits per heavy atom. The quantitative estimate of drug-likeness (QED) is 0.904. The van der Waals surface area contributed by atoms with E-state index in [1.165, 1.54) is 23.1 Å². The second kappa shape index (κ2) is 7.09. The molecule has 0 spiro atoms. The van der Waals surface area contributed by atoms with E-state index in [9.17, 15) is 14.0 Å². The van der Waals surface area contributed by atoms with Crippen molar-refractivity contribution in [3.63, 3.8) is 0 Å². The van der Waals surface area contributed by atoms with Crippen molar-refractivity contribution in [3.8, 4) is 0 Å². The van der Waals surface area contributed by atoms with Gasteiger partial charge < -0.3 is 10.2 Å². The second-order valence-corrected chi connectivity index (χ2v) is 7.38. The molecule has 6 heteroatoms. The number of anilines is 1. The van der Waals surface area contributed by atoms with Gasteiger partial charge in [0, 0.05) is 24.7 Å². The van der Waals surface area contributed by atoms with Crippen LogP contribution in [0.3, 0.4) is 0 Å². The molecule has 2 fully saturated rings. The molecule has 130 valence electrons. The average molecular weight is 353 g/mol. The number of carbonyl (C=O) groups is 2. The zero-order valence-electron chi connectivity index (χ0n) is 13.7. The first-order valence-electron chi connectivity index (χ1n) is 8.50. The Morgan fingerprint density at radius 3 is 2.67 bits per heavy atom. The molecule has 2 aliphatic rings. The smallest absolute Gasteiger partial charge is 0.227 e. The molecule has 0 aromatic heterocycles. The Balaban J connectivity index is 1.61. The number of hydrogen-bond donors (Lipinski definition) is 1. The third-order valence-corrected chi connectivity index (χ3v) is 5.36. The number of halogens is 2. The zero-order chi connectivity index (χ0) is 17.3. The van der Waals surface area contributed by atoms with Crippen LogP contribution in [0.25, 0.3) is 0 Å². The fraction of sp³-hybridized carbons (Fsp3) is 0.556.